The third-order valence-corrected chi connectivity index (χ3v) is 8.00. The first-order chi connectivity index (χ1) is 9.71. The molecule has 0 aromatic carbocycles. The summed E-state index contributed by atoms with van der Waals surface area (Å²) in [6, 6.07) is 4.05. The van der Waals surface area contributed by atoms with Crippen LogP contribution in [0, 0.1) is 0 Å². The van der Waals surface area contributed by atoms with Crippen molar-refractivity contribution in [2.24, 2.45) is 0 Å². The number of thioether (sulfide) groups is 1. The van der Waals surface area contributed by atoms with Crippen LogP contribution in [0.15, 0.2) is 16.3 Å². The van der Waals surface area contributed by atoms with Crippen LogP contribution < -0.4 is 5.32 Å². The van der Waals surface area contributed by atoms with Crippen LogP contribution in [0.3, 0.4) is 0 Å². The molecule has 2 heterocycles. The highest BCUT2D eigenvalue weighted by Crippen LogP contribution is 2.34. The van der Waals surface area contributed by atoms with E-state index in [4.69, 9.17) is 0 Å². The van der Waals surface area contributed by atoms with E-state index in [0.717, 1.165) is 17.2 Å². The topological polar surface area (TPSA) is 49.4 Å². The Labute approximate surface area is 136 Å². The fraction of sp³-hybridized carbons (Fsp3) is 0.714. The van der Waals surface area contributed by atoms with Crippen LogP contribution in [-0.4, -0.2) is 42.4 Å². The van der Waals surface area contributed by atoms with Crippen LogP contribution in [0.2, 0.25) is 0 Å². The summed E-state index contributed by atoms with van der Waals surface area (Å²) >= 11 is 3.22. The molecule has 0 amide bonds. The van der Waals surface area contributed by atoms with E-state index in [1.54, 1.807) is 10.4 Å². The fourth-order valence-electron chi connectivity index (χ4n) is 2.20. The molecule has 1 saturated heterocycles. The van der Waals surface area contributed by atoms with Crippen molar-refractivity contribution in [2.45, 2.75) is 49.2 Å². The first-order valence-corrected chi connectivity index (χ1v) is 10.4. The Hall–Kier alpha value is -0.0800. The van der Waals surface area contributed by atoms with Crippen molar-refractivity contribution in [3.05, 3.63) is 17.0 Å². The zero-order valence-electron chi connectivity index (χ0n) is 13.0. The van der Waals surface area contributed by atoms with Crippen molar-refractivity contribution in [1.82, 2.24) is 9.62 Å². The number of thiophene rings is 1. The molecule has 1 aromatic heterocycles. The average Bonchev–Trinajstić information content (AvgIpc) is 2.84. The second kappa shape index (κ2) is 6.58. The molecule has 0 atom stereocenters. The smallest absolute Gasteiger partial charge is 0.252 e. The lowest BCUT2D eigenvalue weighted by molar-refractivity contribution is 0.388. The first kappa shape index (κ1) is 17.3. The van der Waals surface area contributed by atoms with Crippen molar-refractivity contribution in [1.29, 1.82) is 0 Å². The van der Waals surface area contributed by atoms with E-state index < -0.39 is 10.0 Å². The normalized spacial score (nSPS) is 20.0. The molecule has 0 saturated carbocycles. The van der Waals surface area contributed by atoms with Gasteiger partial charge in [0, 0.05) is 41.1 Å². The standard InChI is InChI=1S/C14H24N2O2S3/c1-11(2)15-9-12-5-6-13(20-12)21(17,18)16-7-8-19-14(3,4)10-16/h5-6,11,15H,7-10H2,1-4H3. The third kappa shape index (κ3) is 4.45. The van der Waals surface area contributed by atoms with E-state index >= 15 is 0 Å². The molecule has 0 unspecified atom stereocenters. The molecule has 0 bridgehead atoms. The maximum Gasteiger partial charge on any atom is 0.252 e. The summed E-state index contributed by atoms with van der Waals surface area (Å²) in [5, 5.41) is 3.32. The van der Waals surface area contributed by atoms with E-state index in [1.165, 1.54) is 11.3 Å². The molecule has 2 rings (SSSR count). The molecule has 21 heavy (non-hydrogen) atoms. The molecule has 4 nitrogen and oxygen atoms in total. The minimum atomic E-state index is -3.34. The quantitative estimate of drug-likeness (QED) is 0.889. The van der Waals surface area contributed by atoms with Crippen LogP contribution in [0.5, 0.6) is 0 Å². The Morgan fingerprint density at radius 2 is 2.10 bits per heavy atom. The van der Waals surface area contributed by atoms with Gasteiger partial charge < -0.3 is 5.32 Å². The number of nitrogens with one attached hydrogen (secondary N) is 1. The molecule has 1 aromatic rings. The highest BCUT2D eigenvalue weighted by molar-refractivity contribution is 8.00. The summed E-state index contributed by atoms with van der Waals surface area (Å²) < 4.78 is 27.6. The Morgan fingerprint density at radius 1 is 1.38 bits per heavy atom. The minimum Gasteiger partial charge on any atom is -0.310 e. The summed E-state index contributed by atoms with van der Waals surface area (Å²) in [4.78, 5) is 1.06. The van der Waals surface area contributed by atoms with Gasteiger partial charge in [-0.15, -0.1) is 11.3 Å². The molecule has 1 aliphatic rings. The van der Waals surface area contributed by atoms with E-state index in [2.05, 4.69) is 33.0 Å². The van der Waals surface area contributed by atoms with Gasteiger partial charge in [0.15, 0.2) is 0 Å². The average molecular weight is 349 g/mol. The number of nitrogens with zero attached hydrogens (tertiary/aromatic N) is 1. The molecule has 0 aliphatic carbocycles. The highest BCUT2D eigenvalue weighted by atomic mass is 32.2. The third-order valence-electron chi connectivity index (χ3n) is 3.31. The molecule has 1 N–H and O–H groups in total. The van der Waals surface area contributed by atoms with E-state index in [1.807, 2.05) is 17.8 Å². The molecule has 120 valence electrons. The van der Waals surface area contributed by atoms with Crippen LogP contribution >= 0.6 is 23.1 Å². The second-order valence-corrected chi connectivity index (χ2v) is 11.3. The number of hydrogen-bond acceptors (Lipinski definition) is 5. The molecule has 0 radical (unpaired) electrons. The Bertz CT molecular complexity index is 579. The van der Waals surface area contributed by atoms with Crippen LogP contribution in [-0.2, 0) is 16.6 Å². The second-order valence-electron chi connectivity index (χ2n) is 6.20. The maximum atomic E-state index is 12.7. The summed E-state index contributed by atoms with van der Waals surface area (Å²) in [5.74, 6) is 0.860. The summed E-state index contributed by atoms with van der Waals surface area (Å²) in [5.41, 5.74) is 0. The lowest BCUT2D eigenvalue weighted by atomic mass is 10.2. The first-order valence-electron chi connectivity index (χ1n) is 7.17. The maximum absolute atomic E-state index is 12.7. The van der Waals surface area contributed by atoms with Crippen molar-refractivity contribution in [3.8, 4) is 0 Å². The van der Waals surface area contributed by atoms with Gasteiger partial charge in [-0.05, 0) is 26.0 Å². The van der Waals surface area contributed by atoms with Crippen molar-refractivity contribution in [3.63, 3.8) is 0 Å². The van der Waals surface area contributed by atoms with Crippen LogP contribution in [0.25, 0.3) is 0 Å². The van der Waals surface area contributed by atoms with Gasteiger partial charge in [0.25, 0.3) is 10.0 Å². The number of rotatable bonds is 5. The predicted octanol–water partition coefficient (Wildman–Crippen LogP) is 2.76. The highest BCUT2D eigenvalue weighted by Gasteiger charge is 2.35. The summed E-state index contributed by atoms with van der Waals surface area (Å²) in [6.45, 7) is 10.3. The monoisotopic (exact) mass is 348 g/mol. The van der Waals surface area contributed by atoms with Gasteiger partial charge in [-0.3, -0.25) is 0 Å². The lowest BCUT2D eigenvalue weighted by Crippen LogP contribution is -2.45. The Kier molecular flexibility index (Phi) is 5.41. The van der Waals surface area contributed by atoms with Crippen molar-refractivity contribution >= 4 is 33.1 Å². The SMILES string of the molecule is CC(C)NCc1ccc(S(=O)(=O)N2CCSC(C)(C)C2)s1. The number of hydrogen-bond donors (Lipinski definition) is 1. The van der Waals surface area contributed by atoms with Crippen molar-refractivity contribution in [2.75, 3.05) is 18.8 Å². The largest absolute Gasteiger partial charge is 0.310 e. The van der Waals surface area contributed by atoms with Gasteiger partial charge >= 0.3 is 0 Å². The molecule has 1 aliphatic heterocycles. The molecular formula is C14H24N2O2S3. The molecular weight excluding hydrogens is 324 g/mol. The Morgan fingerprint density at radius 3 is 2.71 bits per heavy atom. The summed E-state index contributed by atoms with van der Waals surface area (Å²) in [6.07, 6.45) is 0. The van der Waals surface area contributed by atoms with Gasteiger partial charge in [-0.2, -0.15) is 16.1 Å². The Balaban J connectivity index is 2.12. The van der Waals surface area contributed by atoms with Crippen LogP contribution in [0.1, 0.15) is 32.6 Å². The van der Waals surface area contributed by atoms with E-state index in [9.17, 15) is 8.42 Å². The summed E-state index contributed by atoms with van der Waals surface area (Å²) in [7, 11) is -3.34. The molecule has 1 fully saturated rings. The lowest BCUT2D eigenvalue weighted by Gasteiger charge is -2.36. The van der Waals surface area contributed by atoms with Gasteiger partial charge in [0.05, 0.1) is 0 Å². The van der Waals surface area contributed by atoms with Crippen LogP contribution in [0.4, 0.5) is 0 Å². The molecule has 0 spiro atoms. The van der Waals surface area contributed by atoms with Gasteiger partial charge in [0.2, 0.25) is 0 Å². The van der Waals surface area contributed by atoms with E-state index in [0.29, 0.717) is 23.3 Å². The zero-order valence-corrected chi connectivity index (χ0v) is 15.5. The predicted molar refractivity (Wildman–Crippen MR) is 91.6 cm³/mol. The zero-order chi connectivity index (χ0) is 15.7. The van der Waals surface area contributed by atoms with Gasteiger partial charge in [-0.1, -0.05) is 13.8 Å². The van der Waals surface area contributed by atoms with Gasteiger partial charge in [-0.25, -0.2) is 8.42 Å². The van der Waals surface area contributed by atoms with E-state index in [-0.39, 0.29) is 4.75 Å². The minimum absolute atomic E-state index is 0.00932. The molecule has 7 heteroatoms. The van der Waals surface area contributed by atoms with Gasteiger partial charge in [0.1, 0.15) is 4.21 Å². The number of sulfonamides is 1. The van der Waals surface area contributed by atoms with Crippen molar-refractivity contribution < 1.29 is 8.42 Å². The fourth-order valence-corrected chi connectivity index (χ4v) is 6.57.